The number of H-pyrrole nitrogens is 1. The van der Waals surface area contributed by atoms with Gasteiger partial charge in [-0.1, -0.05) is 33.8 Å². The number of aldehydes is 1. The Morgan fingerprint density at radius 3 is 2.36 bits per heavy atom. The molecule has 0 aliphatic heterocycles. The van der Waals surface area contributed by atoms with Crippen LogP contribution in [0.3, 0.4) is 0 Å². The predicted molar refractivity (Wildman–Crippen MR) is 96.0 cm³/mol. The van der Waals surface area contributed by atoms with Gasteiger partial charge in [-0.3, -0.25) is 4.79 Å². The van der Waals surface area contributed by atoms with Crippen molar-refractivity contribution in [3.05, 3.63) is 52.9 Å². The topological polar surface area (TPSA) is 59.2 Å². The molecule has 0 fully saturated rings. The molecule has 0 aliphatic carbocycles. The molecular weight excluding hydrogens is 328 g/mol. The fourth-order valence-corrected chi connectivity index (χ4v) is 2.21. The lowest BCUT2D eigenvalue weighted by Gasteiger charge is -2.06. The molecule has 0 spiro atoms. The van der Waals surface area contributed by atoms with Crippen LogP contribution in [0.1, 0.15) is 66.2 Å². The Labute approximate surface area is 147 Å². The molecule has 0 saturated carbocycles. The van der Waals surface area contributed by atoms with Crippen molar-refractivity contribution in [3.8, 4) is 0 Å². The minimum atomic E-state index is -0.825. The summed E-state index contributed by atoms with van der Waals surface area (Å²) in [6.07, 6.45) is 3.14. The summed E-state index contributed by atoms with van der Waals surface area (Å²) >= 11 is 0. The maximum atomic E-state index is 14.2. The van der Waals surface area contributed by atoms with Crippen LogP contribution in [-0.2, 0) is 11.2 Å². The van der Waals surface area contributed by atoms with Crippen LogP contribution in [0.4, 0.5) is 8.78 Å². The van der Waals surface area contributed by atoms with E-state index >= 15 is 0 Å². The second kappa shape index (κ2) is 11.1. The minimum absolute atomic E-state index is 0.00984. The Kier molecular flexibility index (Phi) is 10.0. The van der Waals surface area contributed by atoms with Crippen LogP contribution >= 0.6 is 0 Å². The number of allylic oxidation sites excluding steroid dienone is 5. The maximum absolute atomic E-state index is 14.2. The third-order valence-corrected chi connectivity index (χ3v) is 3.33. The van der Waals surface area contributed by atoms with E-state index in [-0.39, 0.29) is 22.5 Å². The Morgan fingerprint density at radius 1 is 1.32 bits per heavy atom. The highest BCUT2D eigenvalue weighted by Gasteiger charge is 2.24. The van der Waals surface area contributed by atoms with E-state index in [1.165, 1.54) is 14.0 Å². The van der Waals surface area contributed by atoms with Gasteiger partial charge in [0.1, 0.15) is 11.7 Å². The van der Waals surface area contributed by atoms with Crippen LogP contribution < -0.4 is 0 Å². The first kappa shape index (κ1) is 22.5. The summed E-state index contributed by atoms with van der Waals surface area (Å²) in [5, 5.41) is 0. The molecule has 0 radical (unpaired) electrons. The van der Waals surface area contributed by atoms with E-state index in [4.69, 9.17) is 0 Å². The molecular formula is C19H25F2NO3. The van der Waals surface area contributed by atoms with Crippen molar-refractivity contribution in [2.45, 2.75) is 40.5 Å². The average molecular weight is 353 g/mol. The van der Waals surface area contributed by atoms with E-state index in [2.05, 4.69) is 16.3 Å². The molecule has 0 atom stereocenters. The number of carbonyl (C=O) groups is 2. The van der Waals surface area contributed by atoms with Gasteiger partial charge in [0.05, 0.1) is 18.4 Å². The number of rotatable bonds is 7. The monoisotopic (exact) mass is 353 g/mol. The molecule has 1 heterocycles. The molecule has 138 valence electrons. The number of esters is 1. The summed E-state index contributed by atoms with van der Waals surface area (Å²) in [6.45, 7) is 10.5. The van der Waals surface area contributed by atoms with Crippen LogP contribution in [0.5, 0.6) is 0 Å². The fraction of sp³-hybridized carbons (Fsp3) is 0.368. The van der Waals surface area contributed by atoms with E-state index in [0.29, 0.717) is 30.8 Å². The lowest BCUT2D eigenvalue weighted by molar-refractivity contribution is 0.0597. The standard InChI is InChI=1S/C17H19F2NO3.C2H6/c1-5-7-12-15(17(22)23-4)14(9-21)20-16(12)10(3)13(19)8-11(18)6-2;1-2/h6,8-9,20H,2,5,7H2,1,3-4H3;1-2H3/b11-8+,13-10-;. The molecule has 0 aromatic carbocycles. The first-order valence-corrected chi connectivity index (χ1v) is 8.05. The average Bonchev–Trinajstić information content (AvgIpc) is 3.00. The summed E-state index contributed by atoms with van der Waals surface area (Å²) in [6, 6.07) is 0. The highest BCUT2D eigenvalue weighted by atomic mass is 19.1. The molecule has 25 heavy (non-hydrogen) atoms. The van der Waals surface area contributed by atoms with Gasteiger partial charge in [-0.2, -0.15) is 0 Å². The Hall–Kier alpha value is -2.50. The van der Waals surface area contributed by atoms with Gasteiger partial charge >= 0.3 is 5.97 Å². The lowest BCUT2D eigenvalue weighted by atomic mass is 10.00. The molecule has 4 nitrogen and oxygen atoms in total. The van der Waals surface area contributed by atoms with Crippen LogP contribution in [0.25, 0.3) is 5.57 Å². The van der Waals surface area contributed by atoms with E-state index in [1.54, 1.807) is 0 Å². The van der Waals surface area contributed by atoms with Gasteiger partial charge < -0.3 is 9.72 Å². The van der Waals surface area contributed by atoms with Crippen molar-refractivity contribution >= 4 is 17.8 Å². The zero-order valence-corrected chi connectivity index (χ0v) is 15.3. The second-order valence-corrected chi connectivity index (χ2v) is 4.83. The number of aromatic amines is 1. The zero-order valence-electron chi connectivity index (χ0n) is 15.3. The van der Waals surface area contributed by atoms with Crippen molar-refractivity contribution in [1.82, 2.24) is 4.98 Å². The van der Waals surface area contributed by atoms with E-state index in [9.17, 15) is 18.4 Å². The maximum Gasteiger partial charge on any atom is 0.340 e. The van der Waals surface area contributed by atoms with Crippen LogP contribution in [0.2, 0.25) is 0 Å². The lowest BCUT2D eigenvalue weighted by Crippen LogP contribution is -2.07. The van der Waals surface area contributed by atoms with Gasteiger partial charge in [-0.25, -0.2) is 13.6 Å². The Morgan fingerprint density at radius 2 is 1.92 bits per heavy atom. The molecule has 1 N–H and O–H groups in total. The highest BCUT2D eigenvalue weighted by Crippen LogP contribution is 2.29. The van der Waals surface area contributed by atoms with Gasteiger partial charge in [-0.05, 0) is 25.0 Å². The minimum Gasteiger partial charge on any atom is -0.465 e. The van der Waals surface area contributed by atoms with Crippen molar-refractivity contribution < 1.29 is 23.1 Å². The number of nitrogens with one attached hydrogen (secondary N) is 1. The summed E-state index contributed by atoms with van der Waals surface area (Å²) in [5.41, 5.74) is 0.931. The number of ether oxygens (including phenoxy) is 1. The molecule has 0 aliphatic rings. The van der Waals surface area contributed by atoms with Crippen LogP contribution in [-0.4, -0.2) is 24.3 Å². The van der Waals surface area contributed by atoms with E-state index < -0.39 is 17.6 Å². The van der Waals surface area contributed by atoms with Crippen LogP contribution in [0, 0.1) is 0 Å². The molecule has 0 bridgehead atoms. The quantitative estimate of drug-likeness (QED) is 0.409. The van der Waals surface area contributed by atoms with Gasteiger partial charge in [-0.15, -0.1) is 0 Å². The highest BCUT2D eigenvalue weighted by molar-refractivity contribution is 6.00. The number of halogens is 2. The molecule has 0 saturated heterocycles. The molecule has 0 unspecified atom stereocenters. The summed E-state index contributed by atoms with van der Waals surface area (Å²) in [4.78, 5) is 25.9. The number of hydrogen-bond donors (Lipinski definition) is 1. The largest absolute Gasteiger partial charge is 0.465 e. The molecule has 1 aromatic rings. The molecule has 6 heteroatoms. The first-order chi connectivity index (χ1) is 11.9. The summed E-state index contributed by atoms with van der Waals surface area (Å²) in [5.74, 6) is -2.33. The Bertz CT molecular complexity index is 685. The van der Waals surface area contributed by atoms with E-state index in [1.807, 2.05) is 20.8 Å². The predicted octanol–water partition coefficient (Wildman–Crippen LogP) is 5.33. The number of hydrogen-bond acceptors (Lipinski definition) is 3. The summed E-state index contributed by atoms with van der Waals surface area (Å²) < 4.78 is 32.0. The first-order valence-electron chi connectivity index (χ1n) is 8.05. The number of carbonyl (C=O) groups excluding carboxylic acids is 2. The molecule has 0 amide bonds. The number of aromatic nitrogens is 1. The van der Waals surface area contributed by atoms with Crippen molar-refractivity contribution in [1.29, 1.82) is 0 Å². The summed E-state index contributed by atoms with van der Waals surface area (Å²) in [7, 11) is 1.20. The fourth-order valence-electron chi connectivity index (χ4n) is 2.21. The van der Waals surface area contributed by atoms with Crippen molar-refractivity contribution in [2.75, 3.05) is 7.11 Å². The van der Waals surface area contributed by atoms with Crippen molar-refractivity contribution in [3.63, 3.8) is 0 Å². The van der Waals surface area contributed by atoms with Gasteiger partial charge in [0.15, 0.2) is 6.29 Å². The third kappa shape index (κ3) is 5.52. The van der Waals surface area contributed by atoms with Gasteiger partial charge in [0, 0.05) is 17.3 Å². The third-order valence-electron chi connectivity index (χ3n) is 3.33. The van der Waals surface area contributed by atoms with E-state index in [0.717, 1.165) is 6.08 Å². The normalized spacial score (nSPS) is 11.9. The van der Waals surface area contributed by atoms with Crippen molar-refractivity contribution in [2.24, 2.45) is 0 Å². The van der Waals surface area contributed by atoms with Crippen LogP contribution in [0.15, 0.2) is 30.4 Å². The van der Waals surface area contributed by atoms with Gasteiger partial charge in [0.25, 0.3) is 0 Å². The zero-order chi connectivity index (χ0) is 19.6. The van der Waals surface area contributed by atoms with Gasteiger partial charge in [0.2, 0.25) is 0 Å². The smallest absolute Gasteiger partial charge is 0.340 e. The Balaban J connectivity index is 0.00000277. The molecule has 1 aromatic heterocycles. The number of methoxy groups -OCH3 is 1. The second-order valence-electron chi connectivity index (χ2n) is 4.83. The SMILES string of the molecule is C=C/C(F)=C\C(F)=C(/C)c1[nH]c(C=O)c(C(=O)OC)c1CCC.CC. The molecule has 1 rings (SSSR count).